The van der Waals surface area contributed by atoms with E-state index in [0.29, 0.717) is 0 Å². The zero-order valence-electron chi connectivity index (χ0n) is 15.5. The third kappa shape index (κ3) is 5.68. The molecule has 11 heteroatoms. The van der Waals surface area contributed by atoms with Crippen LogP contribution in [-0.4, -0.2) is 20.9 Å². The van der Waals surface area contributed by atoms with Crippen molar-refractivity contribution >= 4 is 38.9 Å². The molecular formula is C20H14ClF3N2O4S. The molecule has 0 saturated heterocycles. The molecule has 3 aromatic rings. The molecule has 0 heterocycles. The second-order valence-electron chi connectivity index (χ2n) is 6.09. The van der Waals surface area contributed by atoms with Gasteiger partial charge in [0.1, 0.15) is 11.6 Å². The van der Waals surface area contributed by atoms with Crippen molar-refractivity contribution in [2.24, 2.45) is 0 Å². The summed E-state index contributed by atoms with van der Waals surface area (Å²) in [5.74, 6) is -1.57. The number of hydrogen-bond acceptors (Lipinski definition) is 4. The highest BCUT2D eigenvalue weighted by Crippen LogP contribution is 2.29. The summed E-state index contributed by atoms with van der Waals surface area (Å²) in [5.41, 5.74) is 0.129. The molecule has 3 aromatic carbocycles. The van der Waals surface area contributed by atoms with E-state index in [-0.39, 0.29) is 32.6 Å². The van der Waals surface area contributed by atoms with E-state index in [4.69, 9.17) is 11.6 Å². The number of halogens is 4. The molecule has 162 valence electrons. The molecule has 3 rings (SSSR count). The van der Waals surface area contributed by atoms with Crippen LogP contribution in [0.2, 0.25) is 5.02 Å². The molecule has 0 aliphatic rings. The number of amides is 1. The van der Waals surface area contributed by atoms with E-state index in [0.717, 1.165) is 6.07 Å². The van der Waals surface area contributed by atoms with Crippen molar-refractivity contribution in [3.05, 3.63) is 83.1 Å². The molecule has 31 heavy (non-hydrogen) atoms. The van der Waals surface area contributed by atoms with E-state index in [9.17, 15) is 26.4 Å². The summed E-state index contributed by atoms with van der Waals surface area (Å²) in [5, 5.41) is 2.38. The molecule has 0 spiro atoms. The molecule has 0 bridgehead atoms. The molecular weight excluding hydrogens is 457 g/mol. The summed E-state index contributed by atoms with van der Waals surface area (Å²) in [6.45, 7) is -3.04. The number of rotatable bonds is 7. The third-order valence-corrected chi connectivity index (χ3v) is 5.63. The zero-order chi connectivity index (χ0) is 22.6. The van der Waals surface area contributed by atoms with Gasteiger partial charge in [-0.3, -0.25) is 9.52 Å². The SMILES string of the molecule is O=C(Nc1ccc(OC(F)F)c(Cl)c1)c1ccc(S(=O)(=O)Nc2ccccc2F)cc1. The van der Waals surface area contributed by atoms with Gasteiger partial charge < -0.3 is 10.1 Å². The van der Waals surface area contributed by atoms with Gasteiger partial charge in [0, 0.05) is 11.3 Å². The number of alkyl halides is 2. The lowest BCUT2D eigenvalue weighted by Gasteiger charge is -2.11. The molecule has 0 atom stereocenters. The van der Waals surface area contributed by atoms with Crippen molar-refractivity contribution in [2.75, 3.05) is 10.0 Å². The highest BCUT2D eigenvalue weighted by Gasteiger charge is 2.17. The van der Waals surface area contributed by atoms with Crippen LogP contribution in [-0.2, 0) is 10.0 Å². The van der Waals surface area contributed by atoms with E-state index in [1.54, 1.807) is 0 Å². The number of anilines is 2. The Morgan fingerprint density at radius 1 is 1.00 bits per heavy atom. The van der Waals surface area contributed by atoms with Gasteiger partial charge in [-0.2, -0.15) is 8.78 Å². The Morgan fingerprint density at radius 2 is 1.68 bits per heavy atom. The first-order chi connectivity index (χ1) is 14.7. The van der Waals surface area contributed by atoms with E-state index < -0.39 is 28.4 Å². The van der Waals surface area contributed by atoms with Gasteiger partial charge in [0.25, 0.3) is 15.9 Å². The minimum atomic E-state index is -4.07. The average molecular weight is 471 g/mol. The molecule has 0 aliphatic heterocycles. The largest absolute Gasteiger partial charge is 0.433 e. The monoisotopic (exact) mass is 470 g/mol. The minimum Gasteiger partial charge on any atom is -0.433 e. The molecule has 1 amide bonds. The van der Waals surface area contributed by atoms with Crippen molar-refractivity contribution < 1.29 is 31.1 Å². The second-order valence-corrected chi connectivity index (χ2v) is 8.18. The van der Waals surface area contributed by atoms with Crippen molar-refractivity contribution in [2.45, 2.75) is 11.5 Å². The summed E-state index contributed by atoms with van der Waals surface area (Å²) in [6.07, 6.45) is 0. The number of hydrogen-bond donors (Lipinski definition) is 2. The van der Waals surface area contributed by atoms with Crippen molar-refractivity contribution in [1.82, 2.24) is 0 Å². The number of nitrogens with one attached hydrogen (secondary N) is 2. The Hall–Kier alpha value is -3.24. The maximum absolute atomic E-state index is 13.7. The van der Waals surface area contributed by atoms with E-state index in [1.807, 2.05) is 0 Å². The lowest BCUT2D eigenvalue weighted by Crippen LogP contribution is -2.15. The number of carbonyl (C=O) groups is 1. The summed E-state index contributed by atoms with van der Waals surface area (Å²) in [6, 6.07) is 13.9. The summed E-state index contributed by atoms with van der Waals surface area (Å²) < 4.78 is 69.4. The summed E-state index contributed by atoms with van der Waals surface area (Å²) in [4.78, 5) is 12.2. The fourth-order valence-electron chi connectivity index (χ4n) is 2.51. The van der Waals surface area contributed by atoms with Crippen LogP contribution in [0.15, 0.2) is 71.6 Å². The number of benzene rings is 3. The Morgan fingerprint density at radius 3 is 2.29 bits per heavy atom. The van der Waals surface area contributed by atoms with E-state index >= 15 is 0 Å². The molecule has 6 nitrogen and oxygen atoms in total. The predicted molar refractivity (Wildman–Crippen MR) is 110 cm³/mol. The smallest absolute Gasteiger partial charge is 0.387 e. The summed E-state index contributed by atoms with van der Waals surface area (Å²) >= 11 is 5.84. The fourth-order valence-corrected chi connectivity index (χ4v) is 3.80. The van der Waals surface area contributed by atoms with Crippen LogP contribution < -0.4 is 14.8 Å². The van der Waals surface area contributed by atoms with E-state index in [2.05, 4.69) is 14.8 Å². The van der Waals surface area contributed by atoms with Gasteiger partial charge >= 0.3 is 6.61 Å². The predicted octanol–water partition coefficient (Wildman–Crippen LogP) is 5.13. The molecule has 0 fully saturated rings. The number of ether oxygens (including phenoxy) is 1. The van der Waals surface area contributed by atoms with Gasteiger partial charge in [0.05, 0.1) is 15.6 Å². The number of sulfonamides is 1. The quantitative estimate of drug-likeness (QED) is 0.501. The maximum atomic E-state index is 13.7. The van der Waals surface area contributed by atoms with Crippen LogP contribution in [0.25, 0.3) is 0 Å². The molecule has 0 saturated carbocycles. The lowest BCUT2D eigenvalue weighted by molar-refractivity contribution is -0.0497. The molecule has 0 radical (unpaired) electrons. The standard InChI is InChI=1S/C20H14ClF3N2O4S/c21-15-11-13(7-10-18(15)30-20(23)24)25-19(27)12-5-8-14(9-6-12)31(28,29)26-17-4-2-1-3-16(17)22/h1-11,20,26H,(H,25,27). The second kappa shape index (κ2) is 9.27. The lowest BCUT2D eigenvalue weighted by atomic mass is 10.2. The average Bonchev–Trinajstić information content (AvgIpc) is 2.71. The highest BCUT2D eigenvalue weighted by molar-refractivity contribution is 7.92. The van der Waals surface area contributed by atoms with Crippen LogP contribution in [0.1, 0.15) is 10.4 Å². The van der Waals surface area contributed by atoms with Gasteiger partial charge in [-0.15, -0.1) is 0 Å². The minimum absolute atomic E-state index is 0.119. The molecule has 2 N–H and O–H groups in total. The number of carbonyl (C=O) groups excluding carboxylic acids is 1. The first-order valence-electron chi connectivity index (χ1n) is 8.59. The van der Waals surface area contributed by atoms with Crippen LogP contribution in [0.5, 0.6) is 5.75 Å². The van der Waals surface area contributed by atoms with Crippen LogP contribution >= 0.6 is 11.6 Å². The highest BCUT2D eigenvalue weighted by atomic mass is 35.5. The third-order valence-electron chi connectivity index (χ3n) is 3.95. The van der Waals surface area contributed by atoms with Crippen molar-refractivity contribution in [1.29, 1.82) is 0 Å². The summed E-state index contributed by atoms with van der Waals surface area (Å²) in [7, 11) is -4.07. The zero-order valence-corrected chi connectivity index (χ0v) is 17.1. The topological polar surface area (TPSA) is 84.5 Å². The normalized spacial score (nSPS) is 11.3. The Kier molecular flexibility index (Phi) is 6.71. The van der Waals surface area contributed by atoms with E-state index in [1.165, 1.54) is 60.7 Å². The van der Waals surface area contributed by atoms with Crippen LogP contribution in [0.3, 0.4) is 0 Å². The number of para-hydroxylation sites is 1. The first kappa shape index (κ1) is 22.4. The maximum Gasteiger partial charge on any atom is 0.387 e. The Bertz CT molecular complexity index is 1210. The molecule has 0 aliphatic carbocycles. The first-order valence-corrected chi connectivity index (χ1v) is 10.4. The van der Waals surface area contributed by atoms with Gasteiger partial charge in [0.15, 0.2) is 0 Å². The Balaban J connectivity index is 1.71. The Labute approximate surface area is 180 Å². The van der Waals surface area contributed by atoms with Gasteiger partial charge in [-0.1, -0.05) is 23.7 Å². The van der Waals surface area contributed by atoms with Crippen molar-refractivity contribution in [3.8, 4) is 5.75 Å². The van der Waals surface area contributed by atoms with Crippen LogP contribution in [0, 0.1) is 5.82 Å². The fraction of sp³-hybridized carbons (Fsp3) is 0.0500. The van der Waals surface area contributed by atoms with Gasteiger partial charge in [-0.05, 0) is 54.6 Å². The molecule has 0 aromatic heterocycles. The van der Waals surface area contributed by atoms with Gasteiger partial charge in [0.2, 0.25) is 0 Å². The van der Waals surface area contributed by atoms with Crippen molar-refractivity contribution in [3.63, 3.8) is 0 Å². The molecule has 0 unspecified atom stereocenters. The van der Waals surface area contributed by atoms with Crippen LogP contribution in [0.4, 0.5) is 24.5 Å². The van der Waals surface area contributed by atoms with Gasteiger partial charge in [-0.25, -0.2) is 12.8 Å².